The summed E-state index contributed by atoms with van der Waals surface area (Å²) in [5.74, 6) is -2.99. The van der Waals surface area contributed by atoms with E-state index in [9.17, 15) is 22.8 Å². The number of hydrogen-bond acceptors (Lipinski definition) is 2. The quantitative estimate of drug-likeness (QED) is 0.577. The number of primary amides is 1. The number of aromatic amines is 1. The Morgan fingerprint density at radius 1 is 1.03 bits per heavy atom. The largest absolute Gasteiger partial charge is 0.368 e. The zero-order valence-electron chi connectivity index (χ0n) is 16.5. The molecule has 0 unspecified atom stereocenters. The van der Waals surface area contributed by atoms with Crippen molar-refractivity contribution in [3.8, 4) is 11.3 Å². The molecule has 5 nitrogen and oxygen atoms in total. The molecule has 160 valence electrons. The summed E-state index contributed by atoms with van der Waals surface area (Å²) in [4.78, 5) is 27.1. The van der Waals surface area contributed by atoms with Crippen molar-refractivity contribution >= 4 is 22.7 Å². The first-order chi connectivity index (χ1) is 14.8. The molecule has 0 saturated heterocycles. The molecule has 1 aromatic heterocycles. The number of fused-ring (bicyclic) bond motifs is 1. The summed E-state index contributed by atoms with van der Waals surface area (Å²) in [5.41, 5.74) is 6.56. The number of aromatic nitrogens is 1. The van der Waals surface area contributed by atoms with Crippen LogP contribution >= 0.6 is 0 Å². The van der Waals surface area contributed by atoms with Crippen molar-refractivity contribution in [2.45, 2.75) is 37.1 Å². The molecular weight excluding hydrogens is 407 g/mol. The van der Waals surface area contributed by atoms with Gasteiger partial charge in [-0.3, -0.25) is 9.59 Å². The van der Waals surface area contributed by atoms with Crippen LogP contribution in [0, 0.1) is 23.4 Å². The average molecular weight is 427 g/mol. The van der Waals surface area contributed by atoms with Crippen molar-refractivity contribution in [1.82, 2.24) is 10.3 Å². The highest BCUT2D eigenvalue weighted by Gasteiger charge is 2.51. The van der Waals surface area contributed by atoms with E-state index in [1.165, 1.54) is 18.2 Å². The van der Waals surface area contributed by atoms with Crippen LogP contribution < -0.4 is 11.1 Å². The summed E-state index contributed by atoms with van der Waals surface area (Å²) in [7, 11) is 0. The van der Waals surface area contributed by atoms with Crippen LogP contribution in [0.15, 0.2) is 36.4 Å². The number of nitrogens with one attached hydrogen (secondary N) is 2. The number of rotatable bonds is 5. The van der Waals surface area contributed by atoms with E-state index in [-0.39, 0.29) is 23.3 Å². The molecule has 2 aromatic carbocycles. The SMILES string of the molecule is NC(=O)C1(NC(=O)[C@H]2C[C@H](c3c(-c4ccc(F)cc4)[nH]c4c(F)cc(F)cc43)C2)CC1. The maximum atomic E-state index is 14.4. The van der Waals surface area contributed by atoms with E-state index in [0.29, 0.717) is 47.9 Å². The van der Waals surface area contributed by atoms with E-state index in [1.807, 2.05) is 0 Å². The summed E-state index contributed by atoms with van der Waals surface area (Å²) in [6.07, 6.45) is 2.03. The van der Waals surface area contributed by atoms with Gasteiger partial charge in [0.1, 0.15) is 23.0 Å². The summed E-state index contributed by atoms with van der Waals surface area (Å²) in [6.45, 7) is 0. The number of carbonyl (C=O) groups is 2. The van der Waals surface area contributed by atoms with E-state index in [0.717, 1.165) is 6.07 Å². The maximum Gasteiger partial charge on any atom is 0.243 e. The van der Waals surface area contributed by atoms with Gasteiger partial charge in [-0.15, -0.1) is 0 Å². The summed E-state index contributed by atoms with van der Waals surface area (Å²) in [6, 6.07) is 7.84. The molecule has 2 aliphatic rings. The highest BCUT2D eigenvalue weighted by Crippen LogP contribution is 2.49. The third kappa shape index (κ3) is 3.26. The first-order valence-corrected chi connectivity index (χ1v) is 10.2. The topological polar surface area (TPSA) is 88.0 Å². The highest BCUT2D eigenvalue weighted by molar-refractivity contribution is 5.95. The molecule has 3 aromatic rings. The van der Waals surface area contributed by atoms with Crippen molar-refractivity contribution in [3.63, 3.8) is 0 Å². The zero-order chi connectivity index (χ0) is 21.9. The first kappa shape index (κ1) is 19.7. The van der Waals surface area contributed by atoms with Gasteiger partial charge in [0.15, 0.2) is 0 Å². The van der Waals surface area contributed by atoms with Gasteiger partial charge in [0.2, 0.25) is 11.8 Å². The number of carbonyl (C=O) groups excluding carboxylic acids is 2. The second kappa shape index (κ2) is 6.87. The molecule has 0 spiro atoms. The lowest BCUT2D eigenvalue weighted by Crippen LogP contribution is -2.50. The Morgan fingerprint density at radius 2 is 1.71 bits per heavy atom. The smallest absolute Gasteiger partial charge is 0.243 e. The third-order valence-corrected chi connectivity index (χ3v) is 6.50. The van der Waals surface area contributed by atoms with E-state index in [1.54, 1.807) is 12.1 Å². The molecule has 31 heavy (non-hydrogen) atoms. The van der Waals surface area contributed by atoms with Crippen LogP contribution in [0.2, 0.25) is 0 Å². The van der Waals surface area contributed by atoms with Gasteiger partial charge in [-0.1, -0.05) is 0 Å². The molecule has 2 amide bonds. The molecule has 2 saturated carbocycles. The Balaban J connectivity index is 1.47. The van der Waals surface area contributed by atoms with Crippen LogP contribution in [0.4, 0.5) is 13.2 Å². The number of benzene rings is 2. The molecule has 0 radical (unpaired) electrons. The number of hydrogen-bond donors (Lipinski definition) is 3. The van der Waals surface area contributed by atoms with Crippen molar-refractivity contribution in [2.24, 2.45) is 11.7 Å². The zero-order valence-corrected chi connectivity index (χ0v) is 16.5. The molecule has 4 N–H and O–H groups in total. The Labute approximate surface area is 175 Å². The molecule has 0 atom stereocenters. The lowest BCUT2D eigenvalue weighted by Gasteiger charge is -2.35. The van der Waals surface area contributed by atoms with Crippen molar-refractivity contribution in [1.29, 1.82) is 0 Å². The standard InChI is InChI=1S/C23H20F3N3O2/c24-14-3-1-11(2-4-14)19-18(16-9-15(25)10-17(26)20(16)28-19)12-7-13(8-12)21(30)29-23(5-6-23)22(27)31/h1-4,9-10,12-13,28H,5-8H2,(H2,27,31)(H,29,30)/t12-,13-. The minimum Gasteiger partial charge on any atom is -0.368 e. The Hall–Kier alpha value is -3.29. The third-order valence-electron chi connectivity index (χ3n) is 6.50. The van der Waals surface area contributed by atoms with E-state index < -0.39 is 28.9 Å². The van der Waals surface area contributed by atoms with Gasteiger partial charge in [-0.25, -0.2) is 13.2 Å². The van der Waals surface area contributed by atoms with Gasteiger partial charge in [-0.2, -0.15) is 0 Å². The Bertz CT molecular complexity index is 1210. The monoisotopic (exact) mass is 427 g/mol. The molecular formula is C23H20F3N3O2. The first-order valence-electron chi connectivity index (χ1n) is 10.2. The van der Waals surface area contributed by atoms with Crippen molar-refractivity contribution in [2.75, 3.05) is 0 Å². The van der Waals surface area contributed by atoms with Crippen LogP contribution in [0.1, 0.15) is 37.2 Å². The minimum absolute atomic E-state index is 0.116. The number of halogens is 3. The molecule has 2 aliphatic carbocycles. The normalized spacial score (nSPS) is 21.5. The fraction of sp³-hybridized carbons (Fsp3) is 0.304. The van der Waals surface area contributed by atoms with Gasteiger partial charge in [0.25, 0.3) is 0 Å². The maximum absolute atomic E-state index is 14.4. The van der Waals surface area contributed by atoms with Gasteiger partial charge in [0, 0.05) is 17.4 Å². The highest BCUT2D eigenvalue weighted by atomic mass is 19.1. The Kier molecular flexibility index (Phi) is 4.35. The lowest BCUT2D eigenvalue weighted by atomic mass is 9.69. The predicted octanol–water partition coefficient (Wildman–Crippen LogP) is 3.88. The van der Waals surface area contributed by atoms with Crippen LogP contribution in [-0.2, 0) is 9.59 Å². The summed E-state index contributed by atoms with van der Waals surface area (Å²) in [5, 5.41) is 3.17. The van der Waals surface area contributed by atoms with Crippen molar-refractivity contribution < 1.29 is 22.8 Å². The second-order valence-corrected chi connectivity index (χ2v) is 8.53. The van der Waals surface area contributed by atoms with Crippen molar-refractivity contribution in [3.05, 3.63) is 59.4 Å². The molecule has 2 fully saturated rings. The molecule has 5 rings (SSSR count). The van der Waals surface area contributed by atoms with Gasteiger partial charge in [-0.05, 0) is 73.1 Å². The van der Waals surface area contributed by atoms with Crippen LogP contribution in [0.5, 0.6) is 0 Å². The van der Waals surface area contributed by atoms with Crippen LogP contribution in [-0.4, -0.2) is 22.3 Å². The fourth-order valence-electron chi connectivity index (χ4n) is 4.47. The van der Waals surface area contributed by atoms with Crippen LogP contribution in [0.3, 0.4) is 0 Å². The predicted molar refractivity (Wildman–Crippen MR) is 108 cm³/mol. The Morgan fingerprint density at radius 3 is 2.32 bits per heavy atom. The number of nitrogens with two attached hydrogens (primary N) is 1. The lowest BCUT2D eigenvalue weighted by molar-refractivity contribution is -0.132. The molecule has 8 heteroatoms. The average Bonchev–Trinajstić information content (AvgIpc) is 3.37. The second-order valence-electron chi connectivity index (χ2n) is 8.53. The fourth-order valence-corrected chi connectivity index (χ4v) is 4.47. The molecule has 0 aliphatic heterocycles. The molecule has 0 bridgehead atoms. The van der Waals surface area contributed by atoms with Gasteiger partial charge in [0.05, 0.1) is 11.2 Å². The number of H-pyrrole nitrogens is 1. The van der Waals surface area contributed by atoms with Gasteiger partial charge >= 0.3 is 0 Å². The summed E-state index contributed by atoms with van der Waals surface area (Å²) < 4.78 is 41.8. The van der Waals surface area contributed by atoms with E-state index >= 15 is 0 Å². The number of amides is 2. The van der Waals surface area contributed by atoms with E-state index in [2.05, 4.69) is 10.3 Å². The molecule has 1 heterocycles. The van der Waals surface area contributed by atoms with Gasteiger partial charge < -0.3 is 16.0 Å². The van der Waals surface area contributed by atoms with E-state index in [4.69, 9.17) is 5.73 Å². The minimum atomic E-state index is -0.922. The summed E-state index contributed by atoms with van der Waals surface area (Å²) >= 11 is 0. The van der Waals surface area contributed by atoms with Crippen LogP contribution in [0.25, 0.3) is 22.2 Å².